The number of nitrogens with zero attached hydrogens (tertiary/aromatic N) is 1. The van der Waals surface area contributed by atoms with Gasteiger partial charge < -0.3 is 5.73 Å². The highest BCUT2D eigenvalue weighted by molar-refractivity contribution is 7.89. The van der Waals surface area contributed by atoms with E-state index < -0.39 is 10.0 Å². The van der Waals surface area contributed by atoms with Gasteiger partial charge in [0.25, 0.3) is 0 Å². The van der Waals surface area contributed by atoms with Crippen molar-refractivity contribution in [1.29, 1.82) is 0 Å². The highest BCUT2D eigenvalue weighted by atomic mass is 32.2. The van der Waals surface area contributed by atoms with Crippen LogP contribution in [0, 0.1) is 5.41 Å². The Labute approximate surface area is 123 Å². The molecule has 1 aromatic rings. The Morgan fingerprint density at radius 2 is 1.90 bits per heavy atom. The summed E-state index contributed by atoms with van der Waals surface area (Å²) < 4.78 is 26.6. The highest BCUT2D eigenvalue weighted by Crippen LogP contribution is 2.21. The molecule has 0 amide bonds. The van der Waals surface area contributed by atoms with Gasteiger partial charge in [-0.1, -0.05) is 39.8 Å². The van der Waals surface area contributed by atoms with Crippen molar-refractivity contribution >= 4 is 15.7 Å². The van der Waals surface area contributed by atoms with Gasteiger partial charge in [0.1, 0.15) is 0 Å². The Balaban J connectivity index is 2.94. The first kappa shape index (κ1) is 17.0. The number of anilines is 1. The minimum absolute atomic E-state index is 0.155. The van der Waals surface area contributed by atoms with E-state index in [-0.39, 0.29) is 11.2 Å². The smallest absolute Gasteiger partial charge is 0.214 e. The van der Waals surface area contributed by atoms with Gasteiger partial charge in [0.05, 0.1) is 5.75 Å². The van der Waals surface area contributed by atoms with Gasteiger partial charge in [0.15, 0.2) is 0 Å². The molecule has 0 fully saturated rings. The molecule has 0 aliphatic carbocycles. The van der Waals surface area contributed by atoms with Crippen LogP contribution < -0.4 is 5.73 Å². The van der Waals surface area contributed by atoms with Crippen LogP contribution in [0.2, 0.25) is 0 Å². The summed E-state index contributed by atoms with van der Waals surface area (Å²) in [5, 5.41) is 0. The van der Waals surface area contributed by atoms with Crippen LogP contribution in [0.4, 0.5) is 5.69 Å². The third-order valence-corrected chi connectivity index (χ3v) is 5.12. The van der Waals surface area contributed by atoms with Crippen LogP contribution in [0.25, 0.3) is 0 Å². The van der Waals surface area contributed by atoms with Crippen molar-refractivity contribution in [2.24, 2.45) is 5.41 Å². The van der Waals surface area contributed by atoms with Gasteiger partial charge in [-0.05, 0) is 29.5 Å². The molecule has 0 radical (unpaired) electrons. The van der Waals surface area contributed by atoms with Gasteiger partial charge in [0.2, 0.25) is 10.0 Å². The summed E-state index contributed by atoms with van der Waals surface area (Å²) in [6.07, 6.45) is 0.797. The lowest BCUT2D eigenvalue weighted by Crippen LogP contribution is -2.37. The fourth-order valence-electron chi connectivity index (χ4n) is 2.10. The van der Waals surface area contributed by atoms with Crippen LogP contribution in [0.5, 0.6) is 0 Å². The number of benzene rings is 1. The predicted octanol–water partition coefficient (Wildman–Crippen LogP) is 2.86. The average Bonchev–Trinajstić information content (AvgIpc) is 2.25. The van der Waals surface area contributed by atoms with E-state index in [1.165, 1.54) is 0 Å². The van der Waals surface area contributed by atoms with Crippen molar-refractivity contribution in [1.82, 2.24) is 4.31 Å². The van der Waals surface area contributed by atoms with Crippen LogP contribution >= 0.6 is 0 Å². The lowest BCUT2D eigenvalue weighted by Gasteiger charge is -2.26. The maximum Gasteiger partial charge on any atom is 0.214 e. The van der Waals surface area contributed by atoms with E-state index >= 15 is 0 Å². The van der Waals surface area contributed by atoms with Crippen molar-refractivity contribution in [3.63, 3.8) is 0 Å². The van der Waals surface area contributed by atoms with Crippen molar-refractivity contribution in [3.8, 4) is 0 Å². The second-order valence-corrected chi connectivity index (χ2v) is 8.36. The van der Waals surface area contributed by atoms with E-state index in [9.17, 15) is 8.42 Å². The topological polar surface area (TPSA) is 63.4 Å². The molecule has 0 saturated carbocycles. The molecule has 0 saturated heterocycles. The van der Waals surface area contributed by atoms with Gasteiger partial charge in [0, 0.05) is 18.8 Å². The molecule has 4 nitrogen and oxygen atoms in total. The fourth-order valence-corrected chi connectivity index (χ4v) is 4.18. The summed E-state index contributed by atoms with van der Waals surface area (Å²) in [4.78, 5) is 0. The van der Waals surface area contributed by atoms with E-state index in [1.807, 2.05) is 45.9 Å². The second-order valence-electron chi connectivity index (χ2n) is 6.40. The normalized spacial score (nSPS) is 12.8. The highest BCUT2D eigenvalue weighted by Gasteiger charge is 2.27. The Morgan fingerprint density at radius 1 is 1.25 bits per heavy atom. The maximum atomic E-state index is 12.5. The van der Waals surface area contributed by atoms with Crippen molar-refractivity contribution in [2.75, 3.05) is 18.0 Å². The predicted molar refractivity (Wildman–Crippen MR) is 84.8 cm³/mol. The minimum atomic E-state index is -3.26. The van der Waals surface area contributed by atoms with Gasteiger partial charge in [-0.3, -0.25) is 0 Å². The standard InChI is InChI=1S/C15H26N2O2S/c1-5-9-17(20(18,19)12-15(2,3)4)11-13-7-6-8-14(16)10-13/h6-8,10H,5,9,11-12,16H2,1-4H3. The third kappa shape index (κ3) is 5.51. The zero-order valence-corrected chi connectivity index (χ0v) is 13.7. The summed E-state index contributed by atoms with van der Waals surface area (Å²) in [6.45, 7) is 8.73. The van der Waals surface area contributed by atoms with E-state index in [0.29, 0.717) is 18.8 Å². The summed E-state index contributed by atoms with van der Waals surface area (Å²) in [6, 6.07) is 7.39. The molecule has 5 heteroatoms. The van der Waals surface area contributed by atoms with Crippen LogP contribution in [-0.4, -0.2) is 25.0 Å². The van der Waals surface area contributed by atoms with Gasteiger partial charge in [-0.2, -0.15) is 4.31 Å². The summed E-state index contributed by atoms with van der Waals surface area (Å²) >= 11 is 0. The minimum Gasteiger partial charge on any atom is -0.399 e. The molecular formula is C15H26N2O2S. The molecule has 20 heavy (non-hydrogen) atoms. The molecule has 0 aliphatic rings. The largest absolute Gasteiger partial charge is 0.399 e. The Kier molecular flexibility index (Phi) is 5.59. The summed E-state index contributed by atoms with van der Waals surface area (Å²) in [5.74, 6) is 0.155. The van der Waals surface area contributed by atoms with Crippen molar-refractivity contribution in [2.45, 2.75) is 40.7 Å². The number of sulfonamides is 1. The Bertz CT molecular complexity index is 533. The number of nitrogens with two attached hydrogens (primary N) is 1. The molecule has 0 bridgehead atoms. The molecule has 0 atom stereocenters. The van der Waals surface area contributed by atoms with Crippen molar-refractivity contribution < 1.29 is 8.42 Å². The average molecular weight is 298 g/mol. The first-order valence-electron chi connectivity index (χ1n) is 6.96. The second kappa shape index (κ2) is 6.59. The number of rotatable bonds is 6. The zero-order valence-electron chi connectivity index (χ0n) is 12.9. The zero-order chi connectivity index (χ0) is 15.4. The van der Waals surface area contributed by atoms with Gasteiger partial charge in [-0.25, -0.2) is 8.42 Å². The summed E-state index contributed by atoms with van der Waals surface area (Å²) in [5.41, 5.74) is 7.09. The lowest BCUT2D eigenvalue weighted by atomic mass is 10.0. The van der Waals surface area contributed by atoms with E-state index in [1.54, 1.807) is 10.4 Å². The van der Waals surface area contributed by atoms with Gasteiger partial charge in [-0.15, -0.1) is 0 Å². The first-order valence-corrected chi connectivity index (χ1v) is 8.57. The monoisotopic (exact) mass is 298 g/mol. The SMILES string of the molecule is CCCN(Cc1cccc(N)c1)S(=O)(=O)CC(C)(C)C. The van der Waals surface area contributed by atoms with Crippen LogP contribution in [0.15, 0.2) is 24.3 Å². The number of nitrogen functional groups attached to an aromatic ring is 1. The summed E-state index contributed by atoms with van der Waals surface area (Å²) in [7, 11) is -3.26. The van der Waals surface area contributed by atoms with Crippen molar-refractivity contribution in [3.05, 3.63) is 29.8 Å². The first-order chi connectivity index (χ1) is 9.14. The molecule has 114 valence electrons. The molecule has 0 aromatic heterocycles. The van der Waals surface area contributed by atoms with Crippen LogP contribution in [0.1, 0.15) is 39.7 Å². The molecule has 1 aromatic carbocycles. The maximum absolute atomic E-state index is 12.5. The van der Waals surface area contributed by atoms with E-state index in [0.717, 1.165) is 12.0 Å². The fraction of sp³-hybridized carbons (Fsp3) is 0.600. The molecule has 0 unspecified atom stereocenters. The number of hydrogen-bond donors (Lipinski definition) is 1. The molecule has 0 spiro atoms. The quantitative estimate of drug-likeness (QED) is 0.821. The molecular weight excluding hydrogens is 272 g/mol. The molecule has 2 N–H and O–H groups in total. The van der Waals surface area contributed by atoms with E-state index in [2.05, 4.69) is 0 Å². The molecule has 0 heterocycles. The third-order valence-electron chi connectivity index (χ3n) is 2.79. The Hall–Kier alpha value is -1.07. The lowest BCUT2D eigenvalue weighted by molar-refractivity contribution is 0.383. The van der Waals surface area contributed by atoms with Crippen LogP contribution in [0.3, 0.4) is 0 Å². The number of hydrogen-bond acceptors (Lipinski definition) is 3. The van der Waals surface area contributed by atoms with Crippen LogP contribution in [-0.2, 0) is 16.6 Å². The Morgan fingerprint density at radius 3 is 2.40 bits per heavy atom. The molecule has 0 aliphatic heterocycles. The molecule has 1 rings (SSSR count). The van der Waals surface area contributed by atoms with Gasteiger partial charge >= 0.3 is 0 Å². The van der Waals surface area contributed by atoms with E-state index in [4.69, 9.17) is 5.73 Å².